The third-order valence-corrected chi connectivity index (χ3v) is 11.1. The van der Waals surface area contributed by atoms with Crippen LogP contribution in [0, 0.1) is 0 Å². The number of hydrogen-bond acceptors (Lipinski definition) is 6. The smallest absolute Gasteiger partial charge is 0.496 e. The second-order valence-electron chi connectivity index (χ2n) is 14.5. The standard InChI is InChI=1S/C40H47F3N4O3/c1-49-37-10-4-3-9-30(37)24-47-26-31-22-32(47)25-46(31)23-28-12-17-36-34(21-28)35(29-13-15-33(16-14-29)50-40(41,42)43)27-45(36)20-8-5-11-38(48)39(44)18-6-2-7-19-39/h3-4,9-10,12-17,21,27,31-32H,2,5-8,11,18-20,22-26,44H2,1H3. The number of para-hydroxylation sites is 1. The third-order valence-electron chi connectivity index (χ3n) is 11.1. The number of methoxy groups -OCH3 is 1. The van der Waals surface area contributed by atoms with Gasteiger partial charge in [0.15, 0.2) is 5.78 Å². The fourth-order valence-corrected chi connectivity index (χ4v) is 8.48. The molecule has 3 aromatic carbocycles. The molecule has 1 aliphatic carbocycles. The minimum atomic E-state index is -4.74. The Morgan fingerprint density at radius 3 is 2.34 bits per heavy atom. The molecule has 50 heavy (non-hydrogen) atoms. The van der Waals surface area contributed by atoms with Gasteiger partial charge in [0.25, 0.3) is 0 Å². The predicted octanol–water partition coefficient (Wildman–Crippen LogP) is 8.08. The van der Waals surface area contributed by atoms with E-state index >= 15 is 0 Å². The zero-order chi connectivity index (χ0) is 34.9. The number of aromatic nitrogens is 1. The van der Waals surface area contributed by atoms with Crippen LogP contribution in [0.3, 0.4) is 0 Å². The quantitative estimate of drug-likeness (QED) is 0.143. The lowest BCUT2D eigenvalue weighted by atomic mass is 9.78. The van der Waals surface area contributed by atoms with E-state index < -0.39 is 11.9 Å². The number of likely N-dealkylation sites (tertiary alicyclic amines) is 2. The topological polar surface area (TPSA) is 73.0 Å². The summed E-state index contributed by atoms with van der Waals surface area (Å²) in [5.41, 5.74) is 11.1. The van der Waals surface area contributed by atoms with E-state index in [4.69, 9.17) is 10.5 Å². The molecule has 2 aliphatic heterocycles. The van der Waals surface area contributed by atoms with Crippen molar-refractivity contribution in [3.63, 3.8) is 0 Å². The Morgan fingerprint density at radius 1 is 0.920 bits per heavy atom. The molecule has 0 radical (unpaired) electrons. The number of aryl methyl sites for hydroxylation is 1. The number of rotatable bonds is 13. The number of nitrogens with two attached hydrogens (primary N) is 1. The van der Waals surface area contributed by atoms with E-state index in [2.05, 4.69) is 55.6 Å². The van der Waals surface area contributed by atoms with Gasteiger partial charge < -0.3 is 19.8 Å². The van der Waals surface area contributed by atoms with Crippen LogP contribution in [0.5, 0.6) is 11.5 Å². The van der Waals surface area contributed by atoms with E-state index in [1.165, 1.54) is 23.3 Å². The molecule has 2 atom stereocenters. The predicted molar refractivity (Wildman–Crippen MR) is 189 cm³/mol. The van der Waals surface area contributed by atoms with Gasteiger partial charge >= 0.3 is 6.36 Å². The van der Waals surface area contributed by atoms with Crippen molar-refractivity contribution in [1.82, 2.24) is 14.4 Å². The van der Waals surface area contributed by atoms with Crippen LogP contribution in [0.4, 0.5) is 13.2 Å². The van der Waals surface area contributed by atoms with Crippen molar-refractivity contribution in [2.24, 2.45) is 5.73 Å². The summed E-state index contributed by atoms with van der Waals surface area (Å²) in [7, 11) is 1.72. The summed E-state index contributed by atoms with van der Waals surface area (Å²) in [4.78, 5) is 18.1. The minimum Gasteiger partial charge on any atom is -0.496 e. The van der Waals surface area contributed by atoms with Crippen LogP contribution in [-0.4, -0.2) is 64.3 Å². The Balaban J connectivity index is 1.06. The van der Waals surface area contributed by atoms with Crippen LogP contribution >= 0.6 is 0 Å². The molecule has 7 rings (SSSR count). The van der Waals surface area contributed by atoms with Crippen LogP contribution in [0.2, 0.25) is 0 Å². The highest BCUT2D eigenvalue weighted by molar-refractivity contribution is 5.96. The highest BCUT2D eigenvalue weighted by Crippen LogP contribution is 2.37. The molecule has 1 aromatic heterocycles. The SMILES string of the molecule is COc1ccccc1CN1CC2CC1CN2Cc1ccc2c(c1)c(-c1ccc(OC(F)(F)F)cc1)cn2CCCCC(=O)C1(N)CCCCC1. The maximum atomic E-state index is 13.0. The van der Waals surface area contributed by atoms with Crippen molar-refractivity contribution in [3.05, 3.63) is 84.1 Å². The second kappa shape index (κ2) is 14.4. The molecule has 3 fully saturated rings. The van der Waals surface area contributed by atoms with E-state index in [0.717, 1.165) is 112 Å². The number of nitrogens with zero attached hydrogens (tertiary/aromatic N) is 3. The van der Waals surface area contributed by atoms with Crippen LogP contribution in [0.15, 0.2) is 72.9 Å². The summed E-state index contributed by atoms with van der Waals surface area (Å²) < 4.78 is 50.5. The number of carbonyl (C=O) groups is 1. The van der Waals surface area contributed by atoms with Gasteiger partial charge in [-0.15, -0.1) is 13.2 Å². The summed E-state index contributed by atoms with van der Waals surface area (Å²) in [6.45, 7) is 4.48. The fourth-order valence-electron chi connectivity index (χ4n) is 8.48. The molecular formula is C40H47F3N4O3. The first kappa shape index (κ1) is 34.6. The van der Waals surface area contributed by atoms with E-state index in [1.807, 2.05) is 12.1 Å². The number of unbranched alkanes of at least 4 members (excludes halogenated alkanes) is 1. The Morgan fingerprint density at radius 2 is 1.64 bits per heavy atom. The summed E-state index contributed by atoms with van der Waals surface area (Å²) in [5, 5.41) is 1.06. The first-order chi connectivity index (χ1) is 24.1. The van der Waals surface area contributed by atoms with E-state index in [-0.39, 0.29) is 11.5 Å². The molecular weight excluding hydrogens is 641 g/mol. The van der Waals surface area contributed by atoms with Crippen molar-refractivity contribution in [2.75, 3.05) is 20.2 Å². The zero-order valence-corrected chi connectivity index (χ0v) is 28.8. The molecule has 10 heteroatoms. The van der Waals surface area contributed by atoms with Crippen molar-refractivity contribution in [1.29, 1.82) is 0 Å². The molecule has 2 saturated heterocycles. The lowest BCUT2D eigenvalue weighted by Crippen LogP contribution is -2.49. The monoisotopic (exact) mass is 688 g/mol. The van der Waals surface area contributed by atoms with E-state index in [0.29, 0.717) is 18.5 Å². The number of halogens is 3. The van der Waals surface area contributed by atoms with Crippen molar-refractivity contribution >= 4 is 16.7 Å². The molecule has 2 bridgehead atoms. The highest BCUT2D eigenvalue weighted by atomic mass is 19.4. The van der Waals surface area contributed by atoms with Crippen LogP contribution < -0.4 is 15.2 Å². The summed E-state index contributed by atoms with van der Waals surface area (Å²) >= 11 is 0. The third kappa shape index (κ3) is 7.57. The molecule has 4 aromatic rings. The number of fused-ring (bicyclic) bond motifs is 3. The van der Waals surface area contributed by atoms with Gasteiger partial charge in [-0.25, -0.2) is 0 Å². The number of ether oxygens (including phenoxy) is 2. The molecule has 3 heterocycles. The minimum absolute atomic E-state index is 0.180. The van der Waals surface area contributed by atoms with Gasteiger partial charge in [-0.05, 0) is 73.6 Å². The number of alkyl halides is 3. The van der Waals surface area contributed by atoms with Crippen LogP contribution in [-0.2, 0) is 24.4 Å². The van der Waals surface area contributed by atoms with Crippen LogP contribution in [0.25, 0.3) is 22.0 Å². The van der Waals surface area contributed by atoms with E-state index in [9.17, 15) is 18.0 Å². The molecule has 2 unspecified atom stereocenters. The van der Waals surface area contributed by atoms with Crippen molar-refractivity contribution in [3.8, 4) is 22.6 Å². The fraction of sp³-hybridized carbons (Fsp3) is 0.475. The lowest BCUT2D eigenvalue weighted by molar-refractivity contribution is -0.274. The van der Waals surface area contributed by atoms with Crippen LogP contribution in [0.1, 0.15) is 68.9 Å². The maximum Gasteiger partial charge on any atom is 0.573 e. The summed E-state index contributed by atoms with van der Waals surface area (Å²) in [6, 6.07) is 21.9. The van der Waals surface area contributed by atoms with Gasteiger partial charge in [0.05, 0.1) is 12.6 Å². The van der Waals surface area contributed by atoms with Gasteiger partial charge in [0.1, 0.15) is 11.5 Å². The second-order valence-corrected chi connectivity index (χ2v) is 14.5. The molecule has 3 aliphatic rings. The Kier molecular flexibility index (Phi) is 9.96. The molecule has 2 N–H and O–H groups in total. The molecule has 0 spiro atoms. The number of hydrogen-bond donors (Lipinski definition) is 1. The average molecular weight is 689 g/mol. The summed E-state index contributed by atoms with van der Waals surface area (Å²) in [6.07, 6.45) is 5.34. The maximum absolute atomic E-state index is 13.0. The Labute approximate surface area is 292 Å². The number of Topliss-reactive ketones (excluding diaryl/α,β-unsaturated/α-hetero) is 1. The van der Waals surface area contributed by atoms with Crippen molar-refractivity contribution in [2.45, 2.75) is 101 Å². The van der Waals surface area contributed by atoms with Gasteiger partial charge in [-0.1, -0.05) is 55.7 Å². The number of piperazine rings is 1. The number of ketones is 1. The Bertz CT molecular complexity index is 1800. The molecule has 0 amide bonds. The zero-order valence-electron chi connectivity index (χ0n) is 28.8. The normalized spacial score (nSPS) is 20.8. The number of benzene rings is 3. The summed E-state index contributed by atoms with van der Waals surface area (Å²) in [5.74, 6) is 0.872. The molecule has 266 valence electrons. The number of carbonyl (C=O) groups excluding carboxylic acids is 1. The molecule has 7 nitrogen and oxygen atoms in total. The molecule has 1 saturated carbocycles. The van der Waals surface area contributed by atoms with Gasteiger partial charge in [-0.2, -0.15) is 0 Å². The first-order valence-electron chi connectivity index (χ1n) is 18.0. The van der Waals surface area contributed by atoms with Gasteiger partial charge in [0.2, 0.25) is 0 Å². The average Bonchev–Trinajstić information content (AvgIpc) is 3.79. The first-order valence-corrected chi connectivity index (χ1v) is 18.0. The Hall–Kier alpha value is -3.86. The largest absolute Gasteiger partial charge is 0.573 e. The van der Waals surface area contributed by atoms with Crippen molar-refractivity contribution < 1.29 is 27.4 Å². The highest BCUT2D eigenvalue weighted by Gasteiger charge is 2.43. The lowest BCUT2D eigenvalue weighted by Gasteiger charge is -2.34. The van der Waals surface area contributed by atoms with Gasteiger partial charge in [-0.3, -0.25) is 14.6 Å². The van der Waals surface area contributed by atoms with E-state index in [1.54, 1.807) is 19.2 Å². The van der Waals surface area contributed by atoms with Gasteiger partial charge in [0, 0.05) is 79.5 Å².